The van der Waals surface area contributed by atoms with Gasteiger partial charge in [0, 0.05) is 38.3 Å². The zero-order chi connectivity index (χ0) is 14.7. The highest BCUT2D eigenvalue weighted by molar-refractivity contribution is 5.27. The van der Waals surface area contributed by atoms with Gasteiger partial charge in [0.05, 0.1) is 0 Å². The normalized spacial score (nSPS) is 22.9. The molecule has 0 radical (unpaired) electrons. The first-order valence-electron chi connectivity index (χ1n) is 7.47. The Bertz CT molecular complexity index is 449. The van der Waals surface area contributed by atoms with Crippen LogP contribution in [0.1, 0.15) is 30.5 Å². The van der Waals surface area contributed by atoms with Crippen LogP contribution in [0.25, 0.3) is 0 Å². The fourth-order valence-electron chi connectivity index (χ4n) is 3.07. The maximum Gasteiger partial charge on any atom is 0.126 e. The summed E-state index contributed by atoms with van der Waals surface area (Å²) in [4.78, 5) is 4.86. The second-order valence-electron chi connectivity index (χ2n) is 5.80. The highest BCUT2D eigenvalue weighted by Gasteiger charge is 2.28. The molecule has 1 aliphatic rings. The number of piperazine rings is 1. The molecule has 0 aliphatic carbocycles. The lowest BCUT2D eigenvalue weighted by Crippen LogP contribution is -2.53. The Hall–Kier alpha value is -0.970. The molecule has 1 saturated heterocycles. The molecule has 20 heavy (non-hydrogen) atoms. The van der Waals surface area contributed by atoms with E-state index >= 15 is 0 Å². The van der Waals surface area contributed by atoms with Gasteiger partial charge in [0.25, 0.3) is 0 Å². The van der Waals surface area contributed by atoms with Gasteiger partial charge in [-0.1, -0.05) is 19.1 Å². The molecule has 0 aromatic heterocycles. The van der Waals surface area contributed by atoms with E-state index in [2.05, 4.69) is 23.8 Å². The van der Waals surface area contributed by atoms with Crippen molar-refractivity contribution < 1.29 is 4.39 Å². The maximum atomic E-state index is 13.4. The van der Waals surface area contributed by atoms with Gasteiger partial charge in [-0.25, -0.2) is 4.39 Å². The lowest BCUT2D eigenvalue weighted by Gasteiger charge is -2.42. The van der Waals surface area contributed by atoms with Crippen molar-refractivity contribution in [2.45, 2.75) is 32.4 Å². The van der Waals surface area contributed by atoms with Crippen molar-refractivity contribution in [3.05, 3.63) is 35.1 Å². The molecule has 0 spiro atoms. The van der Waals surface area contributed by atoms with Gasteiger partial charge in [0.2, 0.25) is 0 Å². The van der Waals surface area contributed by atoms with E-state index in [0.717, 1.165) is 31.6 Å². The Morgan fingerprint density at radius 2 is 2.15 bits per heavy atom. The van der Waals surface area contributed by atoms with E-state index in [-0.39, 0.29) is 11.9 Å². The molecule has 2 unspecified atom stereocenters. The average molecular weight is 279 g/mol. The first kappa shape index (κ1) is 15.4. The number of benzene rings is 1. The molecular weight excluding hydrogens is 253 g/mol. The summed E-state index contributed by atoms with van der Waals surface area (Å²) in [5.74, 6) is -0.144. The van der Waals surface area contributed by atoms with Crippen LogP contribution < -0.4 is 5.73 Å². The Balaban J connectivity index is 2.17. The van der Waals surface area contributed by atoms with E-state index in [9.17, 15) is 4.39 Å². The van der Waals surface area contributed by atoms with Gasteiger partial charge in [-0.15, -0.1) is 0 Å². The molecule has 2 rings (SSSR count). The highest BCUT2D eigenvalue weighted by atomic mass is 19.1. The largest absolute Gasteiger partial charge is 0.329 e. The first-order chi connectivity index (χ1) is 9.56. The van der Waals surface area contributed by atoms with Gasteiger partial charge in [-0.2, -0.15) is 0 Å². The van der Waals surface area contributed by atoms with Crippen molar-refractivity contribution in [2.75, 3.05) is 33.2 Å². The molecule has 2 atom stereocenters. The Morgan fingerprint density at radius 1 is 1.40 bits per heavy atom. The molecular formula is C16H26FN3. The highest BCUT2D eigenvalue weighted by Crippen LogP contribution is 2.25. The average Bonchev–Trinajstić information content (AvgIpc) is 2.45. The van der Waals surface area contributed by atoms with Gasteiger partial charge in [0.1, 0.15) is 5.82 Å². The molecule has 4 heteroatoms. The summed E-state index contributed by atoms with van der Waals surface area (Å²) >= 11 is 0. The van der Waals surface area contributed by atoms with Crippen molar-refractivity contribution in [3.63, 3.8) is 0 Å². The van der Waals surface area contributed by atoms with Crippen LogP contribution in [-0.2, 0) is 0 Å². The molecule has 1 fully saturated rings. The maximum absolute atomic E-state index is 13.4. The van der Waals surface area contributed by atoms with E-state index in [1.807, 2.05) is 19.1 Å². The topological polar surface area (TPSA) is 32.5 Å². The second kappa shape index (κ2) is 6.66. The third-order valence-corrected chi connectivity index (χ3v) is 4.51. The zero-order valence-corrected chi connectivity index (χ0v) is 12.8. The summed E-state index contributed by atoms with van der Waals surface area (Å²) < 4.78 is 13.4. The number of nitrogens with zero attached hydrogens (tertiary/aromatic N) is 2. The third-order valence-electron chi connectivity index (χ3n) is 4.51. The molecule has 112 valence electrons. The van der Waals surface area contributed by atoms with E-state index in [1.54, 1.807) is 6.07 Å². The van der Waals surface area contributed by atoms with E-state index in [1.165, 1.54) is 0 Å². The van der Waals surface area contributed by atoms with Crippen LogP contribution in [0.2, 0.25) is 0 Å². The van der Waals surface area contributed by atoms with Crippen molar-refractivity contribution in [2.24, 2.45) is 5.73 Å². The molecule has 0 saturated carbocycles. The fraction of sp³-hybridized carbons (Fsp3) is 0.625. The molecule has 1 aromatic rings. The van der Waals surface area contributed by atoms with Crippen LogP contribution in [-0.4, -0.2) is 49.1 Å². The summed E-state index contributed by atoms with van der Waals surface area (Å²) in [6.07, 6.45) is 1.15. The van der Waals surface area contributed by atoms with E-state index in [0.29, 0.717) is 18.2 Å². The Labute approximate surface area is 121 Å². The Morgan fingerprint density at radius 3 is 2.75 bits per heavy atom. The molecule has 0 amide bonds. The number of halogens is 1. The summed E-state index contributed by atoms with van der Waals surface area (Å²) in [6, 6.07) is 6.14. The van der Waals surface area contributed by atoms with Crippen LogP contribution in [0, 0.1) is 12.7 Å². The summed E-state index contributed by atoms with van der Waals surface area (Å²) in [5.41, 5.74) is 7.82. The van der Waals surface area contributed by atoms with Gasteiger partial charge in [-0.05, 0) is 37.6 Å². The number of aryl methyl sites for hydroxylation is 1. The van der Waals surface area contributed by atoms with Gasteiger partial charge >= 0.3 is 0 Å². The molecule has 1 heterocycles. The summed E-state index contributed by atoms with van der Waals surface area (Å²) in [6.45, 7) is 7.73. The molecule has 2 N–H and O–H groups in total. The molecule has 1 aromatic carbocycles. The molecule has 1 aliphatic heterocycles. The monoisotopic (exact) mass is 279 g/mol. The summed E-state index contributed by atoms with van der Waals surface area (Å²) in [5, 5.41) is 0. The van der Waals surface area contributed by atoms with Crippen molar-refractivity contribution in [1.82, 2.24) is 9.80 Å². The fourth-order valence-corrected chi connectivity index (χ4v) is 3.07. The predicted octanol–water partition coefficient (Wildman–Crippen LogP) is 2.16. The standard InChI is InChI=1S/C16H26FN3/c1-4-14-11-20(8-7-19(14)3)16(10-18)13-5-6-15(17)12(2)9-13/h5-6,9,14,16H,4,7-8,10-11,18H2,1-3H3. The minimum Gasteiger partial charge on any atom is -0.329 e. The number of rotatable bonds is 4. The van der Waals surface area contributed by atoms with Crippen LogP contribution in [0.5, 0.6) is 0 Å². The van der Waals surface area contributed by atoms with Crippen LogP contribution in [0.3, 0.4) is 0 Å². The summed E-state index contributed by atoms with van der Waals surface area (Å²) in [7, 11) is 2.19. The van der Waals surface area contributed by atoms with Crippen molar-refractivity contribution >= 4 is 0 Å². The van der Waals surface area contributed by atoms with Crippen molar-refractivity contribution in [3.8, 4) is 0 Å². The van der Waals surface area contributed by atoms with Crippen LogP contribution >= 0.6 is 0 Å². The quantitative estimate of drug-likeness (QED) is 0.917. The number of hydrogen-bond acceptors (Lipinski definition) is 3. The third kappa shape index (κ3) is 3.19. The molecule has 0 bridgehead atoms. The lowest BCUT2D eigenvalue weighted by atomic mass is 10.00. The van der Waals surface area contributed by atoms with Crippen LogP contribution in [0.4, 0.5) is 4.39 Å². The SMILES string of the molecule is CCC1CN(C(CN)c2ccc(F)c(C)c2)CCN1C. The van der Waals surface area contributed by atoms with E-state index < -0.39 is 0 Å². The van der Waals surface area contributed by atoms with Gasteiger partial charge in [0.15, 0.2) is 0 Å². The smallest absolute Gasteiger partial charge is 0.126 e. The number of likely N-dealkylation sites (N-methyl/N-ethyl adjacent to an activating group) is 1. The first-order valence-corrected chi connectivity index (χ1v) is 7.47. The second-order valence-corrected chi connectivity index (χ2v) is 5.80. The molecule has 3 nitrogen and oxygen atoms in total. The van der Waals surface area contributed by atoms with Gasteiger partial charge in [-0.3, -0.25) is 4.90 Å². The van der Waals surface area contributed by atoms with Crippen molar-refractivity contribution in [1.29, 1.82) is 0 Å². The van der Waals surface area contributed by atoms with Crippen LogP contribution in [0.15, 0.2) is 18.2 Å². The van der Waals surface area contributed by atoms with Gasteiger partial charge < -0.3 is 10.6 Å². The number of hydrogen-bond donors (Lipinski definition) is 1. The minimum atomic E-state index is -0.144. The lowest BCUT2D eigenvalue weighted by molar-refractivity contribution is 0.0643. The predicted molar refractivity (Wildman–Crippen MR) is 81.2 cm³/mol. The van der Waals surface area contributed by atoms with E-state index in [4.69, 9.17) is 5.73 Å². The zero-order valence-electron chi connectivity index (χ0n) is 12.8. The number of nitrogens with two attached hydrogens (primary N) is 1. The Kier molecular flexibility index (Phi) is 5.13. The minimum absolute atomic E-state index is 0.144.